The number of rotatable bonds is 24. The van der Waals surface area contributed by atoms with Crippen LogP contribution in [0.25, 0.3) is 0 Å². The predicted octanol–water partition coefficient (Wildman–Crippen LogP) is 20.7. The summed E-state index contributed by atoms with van der Waals surface area (Å²) in [5, 5.41) is 0.517. The molecule has 0 aromatic rings. The van der Waals surface area contributed by atoms with Crippen LogP contribution in [0.5, 0.6) is 0 Å². The maximum atomic E-state index is 3.07. The summed E-state index contributed by atoms with van der Waals surface area (Å²) >= 11 is 0. The topological polar surface area (TPSA) is 0 Å². The van der Waals surface area contributed by atoms with E-state index < -0.39 is 0 Å². The first kappa shape index (κ1) is 77.8. The quantitative estimate of drug-likeness (QED) is 0.0846. The van der Waals surface area contributed by atoms with Crippen molar-refractivity contribution in [2.75, 3.05) is 0 Å². The van der Waals surface area contributed by atoms with Crippen LogP contribution in [0.4, 0.5) is 0 Å². The third-order valence-corrected chi connectivity index (χ3v) is 19.0. The summed E-state index contributed by atoms with van der Waals surface area (Å²) in [6.45, 7) is 48.9. The summed E-state index contributed by atoms with van der Waals surface area (Å²) in [5.41, 5.74) is 4.25. The molecule has 0 bridgehead atoms. The highest BCUT2D eigenvalue weighted by atomic mass is 31.0. The van der Waals surface area contributed by atoms with Gasteiger partial charge in [-0.05, 0) is 114 Å². The second kappa shape index (κ2) is 61.7. The third-order valence-electron chi connectivity index (χ3n) is 12.8. The molecule has 0 spiro atoms. The fourth-order valence-corrected chi connectivity index (χ4v) is 10.4. The maximum Gasteiger partial charge on any atom is -0.0127 e. The van der Waals surface area contributed by atoms with Gasteiger partial charge >= 0.3 is 0 Å². The van der Waals surface area contributed by atoms with E-state index in [9.17, 15) is 0 Å². The van der Waals surface area contributed by atoms with Crippen LogP contribution in [0, 0.1) is 29.6 Å². The van der Waals surface area contributed by atoms with Crippen molar-refractivity contribution in [1.29, 1.82) is 0 Å². The molecule has 0 heterocycles. The molecule has 58 heavy (non-hydrogen) atoms. The molecule has 11 atom stereocenters. The van der Waals surface area contributed by atoms with Crippen molar-refractivity contribution in [2.45, 2.75) is 308 Å². The van der Waals surface area contributed by atoms with E-state index in [1.165, 1.54) is 122 Å². The largest absolute Gasteiger partial charge is 0.134 e. The van der Waals surface area contributed by atoms with Gasteiger partial charge in [-0.2, -0.15) is 0 Å². The van der Waals surface area contributed by atoms with Gasteiger partial charge in [0.25, 0.3) is 0 Å². The van der Waals surface area contributed by atoms with E-state index in [0.29, 0.717) is 5.16 Å². The van der Waals surface area contributed by atoms with E-state index in [0.717, 1.165) is 57.9 Å². The first-order chi connectivity index (χ1) is 27.5. The van der Waals surface area contributed by atoms with Crippen molar-refractivity contribution in [3.8, 4) is 0 Å². The van der Waals surface area contributed by atoms with Gasteiger partial charge < -0.3 is 0 Å². The van der Waals surface area contributed by atoms with E-state index in [2.05, 4.69) is 180 Å². The summed E-state index contributed by atoms with van der Waals surface area (Å²) < 4.78 is 0. The Hall–Kier alpha value is 2.58. The van der Waals surface area contributed by atoms with E-state index in [1.807, 2.05) is 27.7 Å². The van der Waals surface area contributed by atoms with Gasteiger partial charge in [-0.15, -0.1) is 55.4 Å². The minimum absolute atomic E-state index is 0.517. The van der Waals surface area contributed by atoms with Crippen molar-refractivity contribution in [3.05, 3.63) is 0 Å². The highest BCUT2D eigenvalue weighted by Gasteiger charge is 2.28. The lowest BCUT2D eigenvalue weighted by Gasteiger charge is -2.35. The van der Waals surface area contributed by atoms with Crippen LogP contribution in [-0.4, -0.2) is 33.5 Å². The minimum Gasteiger partial charge on any atom is -0.134 e. The molecule has 0 aliphatic carbocycles. The molecule has 0 amide bonds. The normalized spacial score (nSPS) is 13.2. The Morgan fingerprint density at radius 3 is 0.569 bits per heavy atom. The van der Waals surface area contributed by atoms with Crippen LogP contribution in [0.1, 0.15) is 274 Å². The fourth-order valence-electron chi connectivity index (χ4n) is 7.41. The molecular weight excluding hydrogens is 810 g/mol. The molecule has 0 radical (unpaired) electrons. The standard InChI is InChI=1S/C10H23P.4C8H19P.C6H15P.2C2H6/c1-5-9(6-2)10(11,7-3)8-4;4*1-4-7(5-2)8(9)6-3;1-3-5-6(7)4-2;2*1-2/h9H,5-8,11H2,1-4H3;4*7-8H,4-6,9H2,1-3H3;6H,3-5,7H2,1-2H3;2*1-2H3. The molecule has 0 nitrogen and oxygen atoms in total. The van der Waals surface area contributed by atoms with Gasteiger partial charge in [-0.25, -0.2) is 0 Å². The third kappa shape index (κ3) is 48.0. The highest BCUT2D eigenvalue weighted by Crippen LogP contribution is 2.38. The Morgan fingerprint density at radius 1 is 0.310 bits per heavy atom. The molecule has 0 N–H and O–H groups in total. The predicted molar refractivity (Wildman–Crippen MR) is 310 cm³/mol. The molecule has 0 aliphatic heterocycles. The van der Waals surface area contributed by atoms with Crippen LogP contribution >= 0.6 is 55.4 Å². The summed E-state index contributed by atoms with van der Waals surface area (Å²) in [7, 11) is 17.7. The molecule has 0 rings (SSSR count). The lowest BCUT2D eigenvalue weighted by Crippen LogP contribution is -2.28. The maximum absolute atomic E-state index is 3.07. The molecule has 0 aromatic heterocycles. The first-order valence-electron chi connectivity index (χ1n) is 26.0. The van der Waals surface area contributed by atoms with Crippen molar-refractivity contribution in [3.63, 3.8) is 0 Å². The van der Waals surface area contributed by atoms with Crippen LogP contribution < -0.4 is 0 Å². The van der Waals surface area contributed by atoms with Crippen molar-refractivity contribution in [2.24, 2.45) is 29.6 Å². The van der Waals surface area contributed by atoms with E-state index in [4.69, 9.17) is 0 Å². The van der Waals surface area contributed by atoms with Crippen LogP contribution in [0.15, 0.2) is 0 Å². The zero-order valence-corrected chi connectivity index (χ0v) is 52.1. The average Bonchev–Trinajstić information content (AvgIpc) is 3.27. The van der Waals surface area contributed by atoms with Gasteiger partial charge in [0, 0.05) is 0 Å². The summed E-state index contributed by atoms with van der Waals surface area (Å²) in [6.07, 6.45) is 25.1. The zero-order valence-electron chi connectivity index (χ0n) is 45.2. The summed E-state index contributed by atoms with van der Waals surface area (Å²) in [5.74, 6) is 4.61. The van der Waals surface area contributed by atoms with Gasteiger partial charge in [-0.3, -0.25) is 0 Å². The number of hydrogen-bond donors (Lipinski definition) is 0. The van der Waals surface area contributed by atoms with Crippen molar-refractivity contribution >= 4 is 55.4 Å². The second-order valence-corrected chi connectivity index (χ2v) is 21.5. The van der Waals surface area contributed by atoms with E-state index >= 15 is 0 Å². The molecule has 6 heteroatoms. The highest BCUT2D eigenvalue weighted by molar-refractivity contribution is 7.19. The Kier molecular flexibility index (Phi) is 82.7. The van der Waals surface area contributed by atoms with Gasteiger partial charge in [-0.1, -0.05) is 223 Å². The summed E-state index contributed by atoms with van der Waals surface area (Å²) in [4.78, 5) is 0. The summed E-state index contributed by atoms with van der Waals surface area (Å²) in [6, 6.07) is 0. The Labute approximate surface area is 390 Å². The molecule has 11 unspecified atom stereocenters. The lowest BCUT2D eigenvalue weighted by molar-refractivity contribution is 0.334. The van der Waals surface area contributed by atoms with Gasteiger partial charge in [0.1, 0.15) is 0 Å². The zero-order chi connectivity index (χ0) is 47.7. The fraction of sp³-hybridized carbons (Fsp3) is 1.00. The monoisotopic (exact) mass is 937 g/mol. The lowest BCUT2D eigenvalue weighted by atomic mass is 9.83. The smallest absolute Gasteiger partial charge is 0.0127 e. The number of hydrogen-bond acceptors (Lipinski definition) is 0. The van der Waals surface area contributed by atoms with E-state index in [-0.39, 0.29) is 0 Å². The first-order valence-corrected chi connectivity index (χ1v) is 30.0. The molecule has 0 saturated carbocycles. The molecule has 364 valence electrons. The van der Waals surface area contributed by atoms with Crippen molar-refractivity contribution < 1.29 is 0 Å². The van der Waals surface area contributed by atoms with Gasteiger partial charge in [0.05, 0.1) is 0 Å². The SMILES string of the molecule is CC.CC.CCC(CC)C(P)(CC)CC.CCC(P)C(CC)CC.CCC(P)C(CC)CC.CCC(P)C(CC)CC.CCC(P)C(CC)CC.CCCC(P)CC. The molecule has 0 fully saturated rings. The van der Waals surface area contributed by atoms with E-state index in [1.54, 1.807) is 0 Å². The van der Waals surface area contributed by atoms with Crippen LogP contribution in [0.2, 0.25) is 0 Å². The Balaban J connectivity index is -0.0000000849. The average molecular weight is 937 g/mol. The molecule has 0 aliphatic rings. The molecule has 0 aromatic carbocycles. The Bertz CT molecular complexity index is 566. The van der Waals surface area contributed by atoms with Gasteiger partial charge in [0.15, 0.2) is 0 Å². The second-order valence-electron chi connectivity index (χ2n) is 16.0. The van der Waals surface area contributed by atoms with Crippen molar-refractivity contribution in [1.82, 2.24) is 0 Å². The van der Waals surface area contributed by atoms with Gasteiger partial charge in [0.2, 0.25) is 0 Å². The molecular formula is C52H126P6. The minimum atomic E-state index is 0.517. The van der Waals surface area contributed by atoms with Crippen LogP contribution in [-0.2, 0) is 0 Å². The Morgan fingerprint density at radius 2 is 0.517 bits per heavy atom. The molecule has 0 saturated heterocycles. The van der Waals surface area contributed by atoms with Crippen LogP contribution in [0.3, 0.4) is 0 Å².